The lowest BCUT2D eigenvalue weighted by molar-refractivity contribution is 0.0362. The molecular weight excluding hydrogens is 282 g/mol. The highest BCUT2D eigenvalue weighted by Crippen LogP contribution is 2.14. The van der Waals surface area contributed by atoms with Gasteiger partial charge in [-0.05, 0) is 23.7 Å². The Labute approximate surface area is 119 Å². The van der Waals surface area contributed by atoms with Gasteiger partial charge in [0.1, 0.15) is 4.83 Å². The van der Waals surface area contributed by atoms with Crippen LogP contribution in [-0.4, -0.2) is 47.3 Å². The van der Waals surface area contributed by atoms with Crippen LogP contribution in [0, 0.1) is 4.77 Å². The third kappa shape index (κ3) is 2.64. The summed E-state index contributed by atoms with van der Waals surface area (Å²) >= 11 is 6.78. The molecule has 0 radical (unpaired) electrons. The summed E-state index contributed by atoms with van der Waals surface area (Å²) in [6.07, 6.45) is 0. The van der Waals surface area contributed by atoms with E-state index in [0.29, 0.717) is 11.3 Å². The van der Waals surface area contributed by atoms with E-state index < -0.39 is 0 Å². The second-order valence-corrected chi connectivity index (χ2v) is 5.81. The highest BCUT2D eigenvalue weighted by molar-refractivity contribution is 7.71. The molecule has 1 saturated heterocycles. The summed E-state index contributed by atoms with van der Waals surface area (Å²) in [4.78, 5) is 18.6. The maximum atomic E-state index is 12.3. The van der Waals surface area contributed by atoms with Crippen LogP contribution < -0.4 is 5.56 Å². The van der Waals surface area contributed by atoms with Crippen LogP contribution in [-0.2, 0) is 11.3 Å². The van der Waals surface area contributed by atoms with Crippen molar-refractivity contribution in [3.63, 3.8) is 0 Å². The number of morpholine rings is 1. The van der Waals surface area contributed by atoms with Crippen LogP contribution in [0.4, 0.5) is 0 Å². The Bertz CT molecular complexity index is 682. The number of nitrogens with one attached hydrogen (secondary N) is 1. The first-order valence-corrected chi connectivity index (χ1v) is 7.55. The second-order valence-electron chi connectivity index (χ2n) is 4.50. The van der Waals surface area contributed by atoms with E-state index in [9.17, 15) is 4.79 Å². The Morgan fingerprint density at radius 1 is 1.37 bits per heavy atom. The van der Waals surface area contributed by atoms with E-state index in [1.807, 2.05) is 11.4 Å². The topological polar surface area (TPSA) is 50.3 Å². The molecule has 7 heteroatoms. The fourth-order valence-electron chi connectivity index (χ4n) is 2.25. The molecule has 0 bridgehead atoms. The van der Waals surface area contributed by atoms with Gasteiger partial charge in [0.05, 0.1) is 18.6 Å². The molecule has 0 atom stereocenters. The minimum absolute atomic E-state index is 0.00765. The molecule has 2 aromatic heterocycles. The molecule has 0 aromatic carbocycles. The third-order valence-corrected chi connectivity index (χ3v) is 4.50. The van der Waals surface area contributed by atoms with E-state index in [0.717, 1.165) is 43.1 Å². The van der Waals surface area contributed by atoms with Crippen LogP contribution in [0.5, 0.6) is 0 Å². The Morgan fingerprint density at radius 3 is 2.95 bits per heavy atom. The number of thiophene rings is 1. The van der Waals surface area contributed by atoms with Crippen molar-refractivity contribution < 1.29 is 4.74 Å². The largest absolute Gasteiger partial charge is 0.379 e. The molecule has 0 unspecified atom stereocenters. The van der Waals surface area contributed by atoms with Crippen LogP contribution >= 0.6 is 23.6 Å². The smallest absolute Gasteiger partial charge is 0.263 e. The molecule has 0 saturated carbocycles. The molecular formula is C12H15N3O2S2. The molecule has 1 N–H and O–H groups in total. The molecule has 0 amide bonds. The van der Waals surface area contributed by atoms with Crippen LogP contribution in [0.3, 0.4) is 0 Å². The molecule has 0 spiro atoms. The van der Waals surface area contributed by atoms with Gasteiger partial charge in [-0.25, -0.2) is 0 Å². The summed E-state index contributed by atoms with van der Waals surface area (Å²) in [5, 5.41) is 2.63. The first kappa shape index (κ1) is 13.0. The number of ether oxygens (including phenoxy) is 1. The van der Waals surface area contributed by atoms with E-state index in [1.165, 1.54) is 11.3 Å². The molecule has 3 heterocycles. The zero-order chi connectivity index (χ0) is 13.2. The summed E-state index contributed by atoms with van der Waals surface area (Å²) in [6, 6.07) is 1.85. The maximum absolute atomic E-state index is 12.3. The predicted octanol–water partition coefficient (Wildman–Crippen LogP) is 1.45. The van der Waals surface area contributed by atoms with E-state index >= 15 is 0 Å². The zero-order valence-corrected chi connectivity index (χ0v) is 12.1. The number of aromatic nitrogens is 2. The number of fused-ring (bicyclic) bond motifs is 1. The second kappa shape index (κ2) is 5.54. The first-order chi connectivity index (χ1) is 9.25. The van der Waals surface area contributed by atoms with Crippen molar-refractivity contribution in [3.05, 3.63) is 26.6 Å². The molecule has 3 rings (SSSR count). The average molecular weight is 297 g/mol. The molecule has 102 valence electrons. The van der Waals surface area contributed by atoms with E-state index in [1.54, 1.807) is 4.57 Å². The summed E-state index contributed by atoms with van der Waals surface area (Å²) in [6.45, 7) is 4.84. The minimum Gasteiger partial charge on any atom is -0.379 e. The lowest BCUT2D eigenvalue weighted by Gasteiger charge is -2.26. The SMILES string of the molecule is O=c1c2ccsc2[nH]c(=S)n1CCN1CCOCC1. The van der Waals surface area contributed by atoms with Gasteiger partial charge in [-0.15, -0.1) is 11.3 Å². The van der Waals surface area contributed by atoms with E-state index in [4.69, 9.17) is 17.0 Å². The molecule has 2 aromatic rings. The van der Waals surface area contributed by atoms with Gasteiger partial charge in [-0.1, -0.05) is 0 Å². The number of hydrogen-bond donors (Lipinski definition) is 1. The highest BCUT2D eigenvalue weighted by atomic mass is 32.1. The van der Waals surface area contributed by atoms with Crippen LogP contribution in [0.25, 0.3) is 10.2 Å². The van der Waals surface area contributed by atoms with Crippen molar-refractivity contribution in [2.24, 2.45) is 0 Å². The van der Waals surface area contributed by atoms with Gasteiger partial charge in [0.15, 0.2) is 4.77 Å². The van der Waals surface area contributed by atoms with Gasteiger partial charge in [0.25, 0.3) is 5.56 Å². The van der Waals surface area contributed by atoms with Gasteiger partial charge in [0, 0.05) is 26.2 Å². The number of rotatable bonds is 3. The summed E-state index contributed by atoms with van der Waals surface area (Å²) < 4.78 is 7.47. The van der Waals surface area contributed by atoms with Gasteiger partial charge < -0.3 is 9.72 Å². The Balaban J connectivity index is 1.83. The Kier molecular flexibility index (Phi) is 3.79. The Morgan fingerprint density at radius 2 is 2.16 bits per heavy atom. The van der Waals surface area contributed by atoms with Crippen molar-refractivity contribution in [1.29, 1.82) is 0 Å². The van der Waals surface area contributed by atoms with Gasteiger partial charge in [0.2, 0.25) is 0 Å². The standard InChI is InChI=1S/C12H15N3O2S2/c16-11-9-1-8-19-10(9)13-12(18)15(11)3-2-14-4-6-17-7-5-14/h1,8H,2-7H2,(H,13,18). The van der Waals surface area contributed by atoms with Crippen LogP contribution in [0.2, 0.25) is 0 Å². The van der Waals surface area contributed by atoms with Crippen molar-refractivity contribution >= 4 is 33.8 Å². The van der Waals surface area contributed by atoms with Crippen molar-refractivity contribution in [2.75, 3.05) is 32.8 Å². The molecule has 19 heavy (non-hydrogen) atoms. The molecule has 0 aliphatic carbocycles. The minimum atomic E-state index is 0.00765. The lowest BCUT2D eigenvalue weighted by atomic mass is 10.4. The van der Waals surface area contributed by atoms with Gasteiger partial charge in [-0.2, -0.15) is 0 Å². The summed E-state index contributed by atoms with van der Waals surface area (Å²) in [5.41, 5.74) is 0.00765. The lowest BCUT2D eigenvalue weighted by Crippen LogP contribution is -2.39. The van der Waals surface area contributed by atoms with Crippen molar-refractivity contribution in [1.82, 2.24) is 14.5 Å². The normalized spacial score (nSPS) is 17.1. The van der Waals surface area contributed by atoms with Crippen molar-refractivity contribution in [2.45, 2.75) is 6.54 Å². The van der Waals surface area contributed by atoms with Crippen molar-refractivity contribution in [3.8, 4) is 0 Å². The number of nitrogens with zero attached hydrogens (tertiary/aromatic N) is 2. The maximum Gasteiger partial charge on any atom is 0.263 e. The predicted molar refractivity (Wildman–Crippen MR) is 78.5 cm³/mol. The highest BCUT2D eigenvalue weighted by Gasteiger charge is 2.12. The average Bonchev–Trinajstić information content (AvgIpc) is 2.88. The Hall–Kier alpha value is -1.02. The molecule has 1 fully saturated rings. The fourth-order valence-corrected chi connectivity index (χ4v) is 3.36. The van der Waals surface area contributed by atoms with Gasteiger partial charge >= 0.3 is 0 Å². The van der Waals surface area contributed by atoms with E-state index in [2.05, 4.69) is 9.88 Å². The van der Waals surface area contributed by atoms with Crippen LogP contribution in [0.15, 0.2) is 16.2 Å². The van der Waals surface area contributed by atoms with Gasteiger partial charge in [-0.3, -0.25) is 14.3 Å². The third-order valence-electron chi connectivity index (χ3n) is 3.35. The zero-order valence-electron chi connectivity index (χ0n) is 10.4. The molecule has 5 nitrogen and oxygen atoms in total. The quantitative estimate of drug-likeness (QED) is 0.871. The van der Waals surface area contributed by atoms with E-state index in [-0.39, 0.29) is 5.56 Å². The molecule has 1 aliphatic rings. The van der Waals surface area contributed by atoms with Crippen LogP contribution in [0.1, 0.15) is 0 Å². The summed E-state index contributed by atoms with van der Waals surface area (Å²) in [7, 11) is 0. The number of aromatic amines is 1. The fraction of sp³-hybridized carbons (Fsp3) is 0.500. The summed E-state index contributed by atoms with van der Waals surface area (Å²) in [5.74, 6) is 0. The monoisotopic (exact) mass is 297 g/mol. The number of hydrogen-bond acceptors (Lipinski definition) is 5. The molecule has 1 aliphatic heterocycles. The number of H-pyrrole nitrogens is 1. The first-order valence-electron chi connectivity index (χ1n) is 6.26.